The van der Waals surface area contributed by atoms with Crippen LogP contribution >= 0.6 is 34.5 Å². The number of nitrogens with zero attached hydrogens (tertiary/aromatic N) is 2. The molecule has 6 aromatic rings. The Kier molecular flexibility index (Phi) is 5.81. The quantitative estimate of drug-likeness (QED) is 0.225. The van der Waals surface area contributed by atoms with E-state index in [0.717, 1.165) is 16.2 Å². The van der Waals surface area contributed by atoms with Crippen LogP contribution in [-0.2, 0) is 0 Å². The van der Waals surface area contributed by atoms with Crippen molar-refractivity contribution in [3.05, 3.63) is 105 Å². The molecule has 0 atom stereocenters. The first kappa shape index (κ1) is 22.5. The number of anilines is 2. The molecular weight excluding hydrogens is 517 g/mol. The van der Waals surface area contributed by atoms with Crippen molar-refractivity contribution in [2.24, 2.45) is 0 Å². The summed E-state index contributed by atoms with van der Waals surface area (Å²) in [5.74, 6) is 1.15. The predicted octanol–water partition coefficient (Wildman–Crippen LogP) is 8.31. The van der Waals surface area contributed by atoms with Crippen LogP contribution in [0.15, 0.2) is 94.1 Å². The molecule has 0 unspecified atom stereocenters. The summed E-state index contributed by atoms with van der Waals surface area (Å²) < 4.78 is 11.5. The Bertz CT molecular complexity index is 1820. The largest absolute Gasteiger partial charge is 0.455 e. The Balaban J connectivity index is 1.24. The van der Waals surface area contributed by atoms with E-state index in [2.05, 4.69) is 15.5 Å². The van der Waals surface area contributed by atoms with Crippen LogP contribution in [0.4, 0.5) is 10.8 Å². The van der Waals surface area contributed by atoms with E-state index in [1.54, 1.807) is 30.3 Å². The number of hydrogen-bond acceptors (Lipinski definition) is 7. The van der Waals surface area contributed by atoms with Crippen molar-refractivity contribution in [2.75, 3.05) is 5.32 Å². The molecular formula is C27H15Cl2N3O3S. The van der Waals surface area contributed by atoms with E-state index in [9.17, 15) is 4.79 Å². The third-order valence-corrected chi connectivity index (χ3v) is 7.03. The summed E-state index contributed by atoms with van der Waals surface area (Å²) >= 11 is 14.1. The lowest BCUT2D eigenvalue weighted by Crippen LogP contribution is -2.02. The van der Waals surface area contributed by atoms with Crippen LogP contribution in [0.3, 0.4) is 0 Å². The van der Waals surface area contributed by atoms with Crippen LogP contribution in [0.1, 0.15) is 0 Å². The Morgan fingerprint density at radius 2 is 1.58 bits per heavy atom. The standard InChI is InChI=1S/C27H15Cl2N3O3S/c28-20-10-12-23(18-7-3-2-6-17(18)20)34-24-11-9-16(14-21(24)29)30-27-32-31-25(36-27)19-13-15-5-1-4-8-22(15)35-26(19)33/h1-14H,(H,30,32). The van der Waals surface area contributed by atoms with Crippen molar-refractivity contribution in [1.29, 1.82) is 0 Å². The fourth-order valence-corrected chi connectivity index (χ4v) is 5.04. The van der Waals surface area contributed by atoms with Crippen LogP contribution in [0.2, 0.25) is 10.0 Å². The maximum absolute atomic E-state index is 12.4. The SMILES string of the molecule is O=c1oc2ccccc2cc1-c1nnc(Nc2ccc(Oc3ccc(Cl)c4ccccc34)c(Cl)c2)s1. The van der Waals surface area contributed by atoms with Gasteiger partial charge in [-0.3, -0.25) is 0 Å². The molecule has 0 amide bonds. The van der Waals surface area contributed by atoms with Crippen LogP contribution < -0.4 is 15.7 Å². The van der Waals surface area contributed by atoms with Gasteiger partial charge in [-0.25, -0.2) is 4.79 Å². The highest BCUT2D eigenvalue weighted by Gasteiger charge is 2.14. The van der Waals surface area contributed by atoms with E-state index in [1.807, 2.05) is 54.6 Å². The summed E-state index contributed by atoms with van der Waals surface area (Å²) in [5, 5.41) is 16.1. The number of aromatic nitrogens is 2. The minimum Gasteiger partial charge on any atom is -0.455 e. The van der Waals surface area contributed by atoms with E-state index >= 15 is 0 Å². The van der Waals surface area contributed by atoms with Crippen molar-refractivity contribution in [2.45, 2.75) is 0 Å². The van der Waals surface area contributed by atoms with Gasteiger partial charge in [0.1, 0.15) is 17.1 Å². The van der Waals surface area contributed by atoms with Crippen molar-refractivity contribution in [3.63, 3.8) is 0 Å². The molecule has 4 aromatic carbocycles. The number of nitrogens with one attached hydrogen (secondary N) is 1. The molecule has 0 aliphatic rings. The lowest BCUT2D eigenvalue weighted by Gasteiger charge is -2.12. The minimum atomic E-state index is -0.462. The van der Waals surface area contributed by atoms with Gasteiger partial charge in [0.15, 0.2) is 5.01 Å². The fourth-order valence-electron chi connectivity index (χ4n) is 3.82. The van der Waals surface area contributed by atoms with Crippen LogP contribution in [-0.4, -0.2) is 10.2 Å². The Hall–Kier alpha value is -3.91. The number of hydrogen-bond donors (Lipinski definition) is 1. The van der Waals surface area contributed by atoms with Gasteiger partial charge in [0.2, 0.25) is 5.13 Å². The molecule has 0 aliphatic carbocycles. The summed E-state index contributed by atoms with van der Waals surface area (Å²) in [6.45, 7) is 0. The zero-order valence-corrected chi connectivity index (χ0v) is 20.7. The second kappa shape index (κ2) is 9.28. The number of benzene rings is 4. The monoisotopic (exact) mass is 531 g/mol. The number of halogens is 2. The molecule has 9 heteroatoms. The van der Waals surface area contributed by atoms with E-state index in [-0.39, 0.29) is 0 Å². The molecule has 0 bridgehead atoms. The summed E-state index contributed by atoms with van der Waals surface area (Å²) in [4.78, 5) is 12.4. The molecule has 6 rings (SSSR count). The first-order valence-corrected chi connectivity index (χ1v) is 12.4. The second-order valence-corrected chi connectivity index (χ2v) is 9.65. The van der Waals surface area contributed by atoms with Crippen molar-refractivity contribution in [1.82, 2.24) is 10.2 Å². The summed E-state index contributed by atoms with van der Waals surface area (Å²) in [7, 11) is 0. The molecule has 0 saturated carbocycles. The number of fused-ring (bicyclic) bond motifs is 2. The third-order valence-electron chi connectivity index (χ3n) is 5.53. The van der Waals surface area contributed by atoms with Crippen LogP contribution in [0, 0.1) is 0 Å². The molecule has 6 nitrogen and oxygen atoms in total. The average molecular weight is 532 g/mol. The molecule has 176 valence electrons. The van der Waals surface area contributed by atoms with Gasteiger partial charge in [-0.2, -0.15) is 0 Å². The summed E-state index contributed by atoms with van der Waals surface area (Å²) in [6.07, 6.45) is 0. The van der Waals surface area contributed by atoms with E-state index < -0.39 is 5.63 Å². The number of ether oxygens (including phenoxy) is 1. The van der Waals surface area contributed by atoms with Gasteiger partial charge in [0.05, 0.1) is 10.6 Å². The molecule has 2 heterocycles. The summed E-state index contributed by atoms with van der Waals surface area (Å²) in [5.41, 5.74) is 1.12. The van der Waals surface area contributed by atoms with Gasteiger partial charge < -0.3 is 14.5 Å². The van der Waals surface area contributed by atoms with Crippen molar-refractivity contribution in [3.8, 4) is 22.1 Å². The Labute approximate surface area is 218 Å². The molecule has 0 aliphatic heterocycles. The Morgan fingerprint density at radius 1 is 0.806 bits per heavy atom. The topological polar surface area (TPSA) is 77.2 Å². The maximum atomic E-state index is 12.4. The molecule has 0 spiro atoms. The van der Waals surface area contributed by atoms with Gasteiger partial charge in [0, 0.05) is 26.9 Å². The zero-order chi connectivity index (χ0) is 24.6. The number of rotatable bonds is 5. The van der Waals surface area contributed by atoms with Gasteiger partial charge in [0.25, 0.3) is 0 Å². The van der Waals surface area contributed by atoms with Crippen LogP contribution in [0.25, 0.3) is 32.3 Å². The molecule has 0 radical (unpaired) electrons. The molecule has 1 N–H and O–H groups in total. The highest BCUT2D eigenvalue weighted by molar-refractivity contribution is 7.18. The van der Waals surface area contributed by atoms with E-state index in [1.165, 1.54) is 11.3 Å². The Morgan fingerprint density at radius 3 is 2.44 bits per heavy atom. The lowest BCUT2D eigenvalue weighted by molar-refractivity contribution is 0.488. The van der Waals surface area contributed by atoms with Crippen molar-refractivity contribution >= 4 is 67.1 Å². The average Bonchev–Trinajstić information content (AvgIpc) is 3.35. The second-order valence-electron chi connectivity index (χ2n) is 7.86. The zero-order valence-electron chi connectivity index (χ0n) is 18.4. The van der Waals surface area contributed by atoms with Crippen LogP contribution in [0.5, 0.6) is 11.5 Å². The normalized spacial score (nSPS) is 11.2. The van der Waals surface area contributed by atoms with Crippen molar-refractivity contribution < 1.29 is 9.15 Å². The third kappa shape index (κ3) is 4.28. The fraction of sp³-hybridized carbons (Fsp3) is 0. The minimum absolute atomic E-state index is 0.358. The van der Waals surface area contributed by atoms with E-state index in [4.69, 9.17) is 32.4 Å². The summed E-state index contributed by atoms with van der Waals surface area (Å²) in [6, 6.07) is 25.8. The highest BCUT2D eigenvalue weighted by atomic mass is 35.5. The smallest absolute Gasteiger partial charge is 0.346 e. The highest BCUT2D eigenvalue weighted by Crippen LogP contribution is 2.38. The first-order valence-electron chi connectivity index (χ1n) is 10.8. The number of para-hydroxylation sites is 1. The first-order chi connectivity index (χ1) is 17.5. The molecule has 36 heavy (non-hydrogen) atoms. The van der Waals surface area contributed by atoms with E-state index in [0.29, 0.717) is 48.5 Å². The van der Waals surface area contributed by atoms with Gasteiger partial charge in [-0.1, -0.05) is 77.0 Å². The van der Waals surface area contributed by atoms with Gasteiger partial charge in [-0.15, -0.1) is 10.2 Å². The van der Waals surface area contributed by atoms with Gasteiger partial charge in [-0.05, 0) is 42.5 Å². The molecule has 0 fully saturated rings. The molecule has 2 aromatic heterocycles. The lowest BCUT2D eigenvalue weighted by atomic mass is 10.1. The van der Waals surface area contributed by atoms with Gasteiger partial charge >= 0.3 is 5.63 Å². The predicted molar refractivity (Wildman–Crippen MR) is 145 cm³/mol. The molecule has 0 saturated heterocycles. The maximum Gasteiger partial charge on any atom is 0.346 e.